The number of hydrogen-bond donors (Lipinski definition) is 0. The molecule has 0 spiro atoms. The fourth-order valence-corrected chi connectivity index (χ4v) is 2.07. The Labute approximate surface area is 152 Å². The van der Waals surface area contributed by atoms with E-state index in [1.165, 1.54) is 36.4 Å². The molecule has 0 fully saturated rings. The van der Waals surface area contributed by atoms with Crippen LogP contribution in [0.25, 0.3) is 12.2 Å². The average Bonchev–Trinajstić information content (AvgIpc) is 2.65. The topological polar surface area (TPSA) is 130 Å². The first-order chi connectivity index (χ1) is 12.9. The van der Waals surface area contributed by atoms with Crippen LogP contribution in [-0.4, -0.2) is 21.8 Å². The minimum atomic E-state index is -1.04. The molecule has 27 heavy (non-hydrogen) atoms. The number of ether oxygens (including phenoxy) is 1. The smallest absolute Gasteiger partial charge is 0.338 e. The standard InChI is InChI=1S/C18H12N2O7/c21-17(11-9-13-5-1-3-7-15(13)19(23)24)27-18(22)12-10-14-6-2-4-8-16(14)20(25)26/h1-12H. The third kappa shape index (κ3) is 5.43. The van der Waals surface area contributed by atoms with Crippen molar-refractivity contribution in [3.63, 3.8) is 0 Å². The molecule has 0 amide bonds. The van der Waals surface area contributed by atoms with Gasteiger partial charge in [0, 0.05) is 24.3 Å². The molecule has 0 saturated carbocycles. The van der Waals surface area contributed by atoms with Crippen molar-refractivity contribution in [1.29, 1.82) is 0 Å². The molecule has 0 heterocycles. The predicted molar refractivity (Wildman–Crippen MR) is 95.4 cm³/mol. The largest absolute Gasteiger partial charge is 0.387 e. The van der Waals surface area contributed by atoms with E-state index in [2.05, 4.69) is 4.74 Å². The highest BCUT2D eigenvalue weighted by atomic mass is 16.6. The number of rotatable bonds is 6. The van der Waals surface area contributed by atoms with Crippen LogP contribution in [0.3, 0.4) is 0 Å². The first-order valence-electron chi connectivity index (χ1n) is 7.47. The summed E-state index contributed by atoms with van der Waals surface area (Å²) in [6, 6.07) is 11.5. The Morgan fingerprint density at radius 3 is 1.48 bits per heavy atom. The highest BCUT2D eigenvalue weighted by Gasteiger charge is 2.12. The van der Waals surface area contributed by atoms with E-state index in [1.54, 1.807) is 12.1 Å². The lowest BCUT2D eigenvalue weighted by molar-refractivity contribution is -0.385. The fourth-order valence-electron chi connectivity index (χ4n) is 2.07. The molecule has 9 heteroatoms. The third-order valence-corrected chi connectivity index (χ3v) is 3.27. The number of benzene rings is 2. The summed E-state index contributed by atoms with van der Waals surface area (Å²) in [5.74, 6) is -2.07. The number of para-hydroxylation sites is 2. The molecule has 0 aromatic heterocycles. The molecule has 0 unspecified atom stereocenters. The fraction of sp³-hybridized carbons (Fsp3) is 0. The molecule has 136 valence electrons. The quantitative estimate of drug-likeness (QED) is 0.251. The van der Waals surface area contributed by atoms with Gasteiger partial charge in [-0.2, -0.15) is 0 Å². The third-order valence-electron chi connectivity index (χ3n) is 3.27. The van der Waals surface area contributed by atoms with Crippen molar-refractivity contribution in [2.24, 2.45) is 0 Å². The van der Waals surface area contributed by atoms with Crippen molar-refractivity contribution in [2.45, 2.75) is 0 Å². The molecule has 0 aliphatic carbocycles. The minimum Gasteiger partial charge on any atom is -0.387 e. The van der Waals surface area contributed by atoms with Crippen LogP contribution >= 0.6 is 0 Å². The van der Waals surface area contributed by atoms with E-state index in [0.717, 1.165) is 24.3 Å². The maximum Gasteiger partial charge on any atom is 0.338 e. The summed E-state index contributed by atoms with van der Waals surface area (Å²) < 4.78 is 4.50. The van der Waals surface area contributed by atoms with Crippen molar-refractivity contribution in [3.8, 4) is 0 Å². The molecule has 2 aromatic carbocycles. The zero-order chi connectivity index (χ0) is 19.8. The van der Waals surface area contributed by atoms with Gasteiger partial charge in [-0.15, -0.1) is 0 Å². The van der Waals surface area contributed by atoms with Gasteiger partial charge in [-0.1, -0.05) is 24.3 Å². The summed E-state index contributed by atoms with van der Waals surface area (Å²) in [6.07, 6.45) is 4.05. The molecule has 2 aromatic rings. The predicted octanol–water partition coefficient (Wildman–Crippen LogP) is 3.30. The Bertz CT molecular complexity index is 886. The van der Waals surface area contributed by atoms with Gasteiger partial charge < -0.3 is 4.74 Å². The van der Waals surface area contributed by atoms with E-state index in [-0.39, 0.29) is 22.5 Å². The van der Waals surface area contributed by atoms with Crippen molar-refractivity contribution in [1.82, 2.24) is 0 Å². The molecule has 0 bridgehead atoms. The Kier molecular flexibility index (Phi) is 6.26. The lowest BCUT2D eigenvalue weighted by atomic mass is 10.1. The summed E-state index contributed by atoms with van der Waals surface area (Å²) in [5, 5.41) is 21.8. The molecule has 2 rings (SSSR count). The molecule has 0 saturated heterocycles. The van der Waals surface area contributed by atoms with Crippen LogP contribution in [0.1, 0.15) is 11.1 Å². The number of nitro benzene ring substituents is 2. The molecule has 9 nitrogen and oxygen atoms in total. The van der Waals surface area contributed by atoms with E-state index in [1.807, 2.05) is 0 Å². The summed E-state index contributed by atoms with van der Waals surface area (Å²) in [5.41, 5.74) is -0.0713. The second kappa shape index (κ2) is 8.81. The lowest BCUT2D eigenvalue weighted by Crippen LogP contribution is -2.07. The number of carbonyl (C=O) groups excluding carboxylic acids is 2. The molecule has 0 aliphatic heterocycles. The Balaban J connectivity index is 2.04. The van der Waals surface area contributed by atoms with Crippen LogP contribution in [-0.2, 0) is 14.3 Å². The van der Waals surface area contributed by atoms with Gasteiger partial charge in [0.15, 0.2) is 0 Å². The van der Waals surface area contributed by atoms with E-state index in [4.69, 9.17) is 0 Å². The van der Waals surface area contributed by atoms with Crippen molar-refractivity contribution >= 4 is 35.5 Å². The van der Waals surface area contributed by atoms with Gasteiger partial charge in [0.1, 0.15) is 0 Å². The second-order valence-corrected chi connectivity index (χ2v) is 5.04. The Morgan fingerprint density at radius 1 is 0.741 bits per heavy atom. The van der Waals surface area contributed by atoms with Crippen LogP contribution in [0.2, 0.25) is 0 Å². The first kappa shape index (κ1) is 19.2. The van der Waals surface area contributed by atoms with E-state index in [9.17, 15) is 29.8 Å². The maximum absolute atomic E-state index is 11.7. The van der Waals surface area contributed by atoms with Gasteiger partial charge in [-0.05, 0) is 24.3 Å². The van der Waals surface area contributed by atoms with Gasteiger partial charge in [0.05, 0.1) is 21.0 Å². The first-order valence-corrected chi connectivity index (χ1v) is 7.47. The van der Waals surface area contributed by atoms with Crippen molar-refractivity contribution in [2.75, 3.05) is 0 Å². The van der Waals surface area contributed by atoms with Gasteiger partial charge in [0.2, 0.25) is 0 Å². The van der Waals surface area contributed by atoms with Crippen molar-refractivity contribution in [3.05, 3.63) is 92.0 Å². The molecule has 0 radical (unpaired) electrons. The highest BCUT2D eigenvalue weighted by Crippen LogP contribution is 2.20. The molecular weight excluding hydrogens is 356 g/mol. The summed E-state index contributed by atoms with van der Waals surface area (Å²) in [7, 11) is 0. The number of hydrogen-bond acceptors (Lipinski definition) is 7. The monoisotopic (exact) mass is 368 g/mol. The molecular formula is C18H12N2O7. The molecule has 0 atom stereocenters. The summed E-state index contributed by atoms with van der Waals surface area (Å²) in [4.78, 5) is 43.9. The second-order valence-electron chi connectivity index (χ2n) is 5.04. The summed E-state index contributed by atoms with van der Waals surface area (Å²) in [6.45, 7) is 0. The van der Waals surface area contributed by atoms with Gasteiger partial charge in [0.25, 0.3) is 11.4 Å². The van der Waals surface area contributed by atoms with Crippen LogP contribution in [0.5, 0.6) is 0 Å². The zero-order valence-electron chi connectivity index (χ0n) is 13.7. The van der Waals surface area contributed by atoms with Crippen LogP contribution < -0.4 is 0 Å². The van der Waals surface area contributed by atoms with Crippen LogP contribution in [0.4, 0.5) is 11.4 Å². The summed E-state index contributed by atoms with van der Waals surface area (Å²) >= 11 is 0. The number of carbonyl (C=O) groups is 2. The molecule has 0 aliphatic rings. The number of nitro groups is 2. The van der Waals surface area contributed by atoms with E-state index >= 15 is 0 Å². The average molecular weight is 368 g/mol. The van der Waals surface area contributed by atoms with Crippen LogP contribution in [0, 0.1) is 20.2 Å². The minimum absolute atomic E-state index is 0.169. The highest BCUT2D eigenvalue weighted by molar-refractivity contribution is 6.00. The van der Waals surface area contributed by atoms with Crippen molar-refractivity contribution < 1.29 is 24.2 Å². The van der Waals surface area contributed by atoms with Gasteiger partial charge in [-0.25, -0.2) is 9.59 Å². The van der Waals surface area contributed by atoms with Crippen LogP contribution in [0.15, 0.2) is 60.7 Å². The lowest BCUT2D eigenvalue weighted by Gasteiger charge is -1.98. The maximum atomic E-state index is 11.7. The number of esters is 2. The Morgan fingerprint density at radius 2 is 1.11 bits per heavy atom. The van der Waals surface area contributed by atoms with Gasteiger partial charge >= 0.3 is 11.9 Å². The van der Waals surface area contributed by atoms with Gasteiger partial charge in [-0.3, -0.25) is 20.2 Å². The molecule has 0 N–H and O–H groups in total. The Hall–Kier alpha value is -4.14. The SMILES string of the molecule is O=C(C=Cc1ccccc1[N+](=O)[O-])OC(=O)C=Cc1ccccc1[N+](=O)[O-]. The van der Waals surface area contributed by atoms with E-state index in [0.29, 0.717) is 0 Å². The normalized spacial score (nSPS) is 10.8. The van der Waals surface area contributed by atoms with E-state index < -0.39 is 21.8 Å². The zero-order valence-corrected chi connectivity index (χ0v) is 13.7. The number of nitrogens with zero attached hydrogens (tertiary/aromatic N) is 2.